The molecule has 0 N–H and O–H groups in total. The average molecular weight is 379 g/mol. The number of carbonyl (C=O) groups excluding carboxylic acids is 1. The van der Waals surface area contributed by atoms with Crippen LogP contribution in [0.3, 0.4) is 0 Å². The topological polar surface area (TPSA) is 32.8 Å². The fraction of sp³-hybridized carbons (Fsp3) is 0.458. The number of ether oxygens (including phenoxy) is 1. The summed E-state index contributed by atoms with van der Waals surface area (Å²) in [6.07, 6.45) is 5.12. The Kier molecular flexibility index (Phi) is 5.40. The summed E-state index contributed by atoms with van der Waals surface area (Å²) in [6, 6.07) is 16.5. The van der Waals surface area contributed by atoms with E-state index in [4.69, 9.17) is 4.74 Å². The van der Waals surface area contributed by atoms with Gasteiger partial charge in [-0.15, -0.1) is 0 Å². The molecule has 28 heavy (non-hydrogen) atoms. The molecule has 1 atom stereocenters. The number of piperidine rings is 1. The van der Waals surface area contributed by atoms with Crippen molar-refractivity contribution in [1.29, 1.82) is 0 Å². The van der Waals surface area contributed by atoms with Crippen LogP contribution in [0.5, 0.6) is 5.75 Å². The number of likely N-dealkylation sites (tertiary alicyclic amines) is 1. The van der Waals surface area contributed by atoms with E-state index in [9.17, 15) is 4.79 Å². The van der Waals surface area contributed by atoms with Gasteiger partial charge in [0.25, 0.3) is 0 Å². The van der Waals surface area contributed by atoms with Gasteiger partial charge in [0.05, 0.1) is 13.5 Å². The van der Waals surface area contributed by atoms with Gasteiger partial charge in [0.2, 0.25) is 5.91 Å². The summed E-state index contributed by atoms with van der Waals surface area (Å²) in [5, 5.41) is 0. The minimum Gasteiger partial charge on any atom is -0.497 e. The first kappa shape index (κ1) is 19.0. The first-order chi connectivity index (χ1) is 13.6. The molecule has 2 aliphatic heterocycles. The Balaban J connectivity index is 1.60. The Labute approximate surface area is 168 Å². The van der Waals surface area contributed by atoms with E-state index in [1.165, 1.54) is 24.0 Å². The number of methoxy groups -OCH3 is 1. The van der Waals surface area contributed by atoms with Gasteiger partial charge in [-0.3, -0.25) is 9.69 Å². The van der Waals surface area contributed by atoms with E-state index in [2.05, 4.69) is 41.1 Å². The number of likely N-dealkylation sites (N-methyl/N-ethyl adjacent to an activating group) is 1. The van der Waals surface area contributed by atoms with Crippen molar-refractivity contribution in [2.75, 3.05) is 27.2 Å². The third-order valence-corrected chi connectivity index (χ3v) is 6.55. The summed E-state index contributed by atoms with van der Waals surface area (Å²) in [4.78, 5) is 17.9. The molecular weight excluding hydrogens is 348 g/mol. The molecule has 2 aromatic rings. The molecule has 0 aliphatic carbocycles. The maximum atomic E-state index is 13.3. The molecule has 1 amide bonds. The Morgan fingerprint density at radius 1 is 1.07 bits per heavy atom. The first-order valence-corrected chi connectivity index (χ1v) is 10.3. The van der Waals surface area contributed by atoms with Gasteiger partial charge in [0.1, 0.15) is 5.75 Å². The van der Waals surface area contributed by atoms with Crippen LogP contribution in [0.2, 0.25) is 0 Å². The maximum absolute atomic E-state index is 13.3. The first-order valence-electron chi connectivity index (χ1n) is 10.3. The van der Waals surface area contributed by atoms with Gasteiger partial charge in [-0.05, 0) is 61.7 Å². The average Bonchev–Trinajstić information content (AvgIpc) is 2.88. The lowest BCUT2D eigenvalue weighted by Gasteiger charge is -2.47. The zero-order chi connectivity index (χ0) is 19.6. The second kappa shape index (κ2) is 7.96. The molecule has 2 heterocycles. The quantitative estimate of drug-likeness (QED) is 0.817. The zero-order valence-corrected chi connectivity index (χ0v) is 17.0. The summed E-state index contributed by atoms with van der Waals surface area (Å²) >= 11 is 0. The third-order valence-electron chi connectivity index (χ3n) is 6.55. The minimum absolute atomic E-state index is 0.0560. The molecule has 2 aromatic carbocycles. The van der Waals surface area contributed by atoms with Crippen LogP contribution in [0.15, 0.2) is 48.5 Å². The van der Waals surface area contributed by atoms with Crippen LogP contribution in [0.25, 0.3) is 0 Å². The largest absolute Gasteiger partial charge is 0.497 e. The van der Waals surface area contributed by atoms with Gasteiger partial charge in [0, 0.05) is 18.6 Å². The molecule has 0 bridgehead atoms. The van der Waals surface area contributed by atoms with Crippen molar-refractivity contribution in [3.63, 3.8) is 0 Å². The maximum Gasteiger partial charge on any atom is 0.227 e. The molecule has 1 fully saturated rings. The van der Waals surface area contributed by atoms with Gasteiger partial charge in [-0.2, -0.15) is 0 Å². The van der Waals surface area contributed by atoms with E-state index in [1.54, 1.807) is 7.11 Å². The summed E-state index contributed by atoms with van der Waals surface area (Å²) in [5.41, 5.74) is 3.78. The predicted octanol–water partition coefficient (Wildman–Crippen LogP) is 3.68. The van der Waals surface area contributed by atoms with Crippen molar-refractivity contribution in [3.05, 3.63) is 65.2 Å². The van der Waals surface area contributed by atoms with Crippen LogP contribution in [-0.2, 0) is 24.2 Å². The van der Waals surface area contributed by atoms with E-state index in [-0.39, 0.29) is 11.4 Å². The molecule has 2 aliphatic rings. The van der Waals surface area contributed by atoms with Crippen LogP contribution in [0.1, 0.15) is 36.0 Å². The number of fused-ring (bicyclic) bond motifs is 1. The predicted molar refractivity (Wildman–Crippen MR) is 111 cm³/mol. The Bertz CT molecular complexity index is 833. The number of rotatable bonds is 3. The van der Waals surface area contributed by atoms with E-state index in [1.807, 2.05) is 24.3 Å². The molecule has 1 saturated heterocycles. The fourth-order valence-corrected chi connectivity index (χ4v) is 4.77. The highest BCUT2D eigenvalue weighted by molar-refractivity contribution is 5.79. The van der Waals surface area contributed by atoms with E-state index < -0.39 is 0 Å². The van der Waals surface area contributed by atoms with Crippen molar-refractivity contribution in [1.82, 2.24) is 9.80 Å². The number of amides is 1. The molecule has 0 aromatic heterocycles. The SMILES string of the molecule is COc1ccc(CC(=O)N2Cc3ccccc3CC3(CCCCN3C)C2)cc1. The van der Waals surface area contributed by atoms with Crippen LogP contribution in [-0.4, -0.2) is 48.5 Å². The highest BCUT2D eigenvalue weighted by Gasteiger charge is 2.41. The van der Waals surface area contributed by atoms with Crippen molar-refractivity contribution < 1.29 is 9.53 Å². The molecule has 4 rings (SSSR count). The second-order valence-electron chi connectivity index (χ2n) is 8.32. The van der Waals surface area contributed by atoms with Crippen LogP contribution >= 0.6 is 0 Å². The standard InChI is InChI=1S/C24H30N2O2/c1-25-14-6-5-13-24(25)16-20-7-3-4-8-21(20)17-26(18-24)23(27)15-19-9-11-22(28-2)12-10-19/h3-4,7-12H,5-6,13-18H2,1-2H3. The summed E-state index contributed by atoms with van der Waals surface area (Å²) < 4.78 is 5.23. The van der Waals surface area contributed by atoms with Crippen molar-refractivity contribution in [2.45, 2.75) is 44.2 Å². The van der Waals surface area contributed by atoms with Gasteiger partial charge >= 0.3 is 0 Å². The molecule has 0 saturated carbocycles. The number of hydrogen-bond donors (Lipinski definition) is 0. The molecule has 148 valence electrons. The Morgan fingerprint density at radius 2 is 1.82 bits per heavy atom. The third kappa shape index (κ3) is 3.79. The number of nitrogens with zero attached hydrogens (tertiary/aromatic N) is 2. The summed E-state index contributed by atoms with van der Waals surface area (Å²) in [6.45, 7) is 2.64. The zero-order valence-electron chi connectivity index (χ0n) is 17.0. The van der Waals surface area contributed by atoms with Crippen LogP contribution < -0.4 is 4.74 Å². The Morgan fingerprint density at radius 3 is 2.54 bits per heavy atom. The molecular formula is C24H30N2O2. The lowest BCUT2D eigenvalue weighted by atomic mass is 9.81. The van der Waals surface area contributed by atoms with Gasteiger partial charge < -0.3 is 9.64 Å². The number of benzene rings is 2. The number of hydrogen-bond acceptors (Lipinski definition) is 3. The van der Waals surface area contributed by atoms with E-state index in [0.29, 0.717) is 13.0 Å². The monoisotopic (exact) mass is 378 g/mol. The second-order valence-corrected chi connectivity index (χ2v) is 8.32. The highest BCUT2D eigenvalue weighted by Crippen LogP contribution is 2.35. The molecule has 1 spiro atoms. The summed E-state index contributed by atoms with van der Waals surface area (Å²) in [7, 11) is 3.90. The van der Waals surface area contributed by atoms with E-state index >= 15 is 0 Å². The minimum atomic E-state index is 0.0560. The van der Waals surface area contributed by atoms with Gasteiger partial charge in [-0.1, -0.05) is 42.8 Å². The van der Waals surface area contributed by atoms with Crippen LogP contribution in [0.4, 0.5) is 0 Å². The lowest BCUT2D eigenvalue weighted by molar-refractivity contribution is -0.133. The lowest BCUT2D eigenvalue weighted by Crippen LogP contribution is -2.57. The van der Waals surface area contributed by atoms with Crippen LogP contribution in [0, 0.1) is 0 Å². The molecule has 1 unspecified atom stereocenters. The molecule has 0 radical (unpaired) electrons. The van der Waals surface area contributed by atoms with Crippen molar-refractivity contribution >= 4 is 5.91 Å². The smallest absolute Gasteiger partial charge is 0.227 e. The Hall–Kier alpha value is -2.33. The fourth-order valence-electron chi connectivity index (χ4n) is 4.77. The normalized spacial score (nSPS) is 22.6. The van der Waals surface area contributed by atoms with Crippen molar-refractivity contribution in [3.8, 4) is 5.75 Å². The molecule has 4 heteroatoms. The van der Waals surface area contributed by atoms with Gasteiger partial charge in [-0.25, -0.2) is 0 Å². The number of carbonyl (C=O) groups is 1. The summed E-state index contributed by atoms with van der Waals surface area (Å²) in [5.74, 6) is 1.03. The molecule has 4 nitrogen and oxygen atoms in total. The highest BCUT2D eigenvalue weighted by atomic mass is 16.5. The van der Waals surface area contributed by atoms with Crippen molar-refractivity contribution in [2.24, 2.45) is 0 Å². The van der Waals surface area contributed by atoms with Gasteiger partial charge in [0.15, 0.2) is 0 Å². The van der Waals surface area contributed by atoms with E-state index in [0.717, 1.165) is 37.2 Å².